The van der Waals surface area contributed by atoms with Crippen molar-refractivity contribution in [1.29, 1.82) is 0 Å². The van der Waals surface area contributed by atoms with Crippen LogP contribution < -0.4 is 4.90 Å². The summed E-state index contributed by atoms with van der Waals surface area (Å²) in [5, 5.41) is 9.76. The van der Waals surface area contributed by atoms with Gasteiger partial charge in [0, 0.05) is 30.4 Å². The van der Waals surface area contributed by atoms with Gasteiger partial charge in [-0.2, -0.15) is 0 Å². The number of rotatable bonds is 3. The molecule has 1 fully saturated rings. The summed E-state index contributed by atoms with van der Waals surface area (Å²) in [6.45, 7) is 4.43. The quantitative estimate of drug-likeness (QED) is 0.877. The summed E-state index contributed by atoms with van der Waals surface area (Å²) < 4.78 is 0. The minimum absolute atomic E-state index is 0.299. The van der Waals surface area contributed by atoms with Crippen LogP contribution in [0.2, 0.25) is 5.02 Å². The van der Waals surface area contributed by atoms with E-state index in [1.807, 2.05) is 13.0 Å². The van der Waals surface area contributed by atoms with Crippen molar-refractivity contribution in [3.05, 3.63) is 28.8 Å². The highest BCUT2D eigenvalue weighted by Gasteiger charge is 2.22. The van der Waals surface area contributed by atoms with Crippen LogP contribution in [0.1, 0.15) is 18.4 Å². The van der Waals surface area contributed by atoms with E-state index in [0.29, 0.717) is 12.5 Å². The molecule has 1 atom stereocenters. The molecule has 0 saturated carbocycles. The maximum atomic E-state index is 8.92. The third-order valence-corrected chi connectivity index (χ3v) is 3.75. The van der Waals surface area contributed by atoms with Crippen LogP contribution >= 0.6 is 11.6 Å². The van der Waals surface area contributed by atoms with E-state index in [1.165, 1.54) is 12.1 Å². The first-order valence-corrected chi connectivity index (χ1v) is 6.20. The average Bonchev–Trinajstić information content (AvgIpc) is 2.71. The number of aryl methyl sites for hydroxylation is 1. The summed E-state index contributed by atoms with van der Waals surface area (Å²) in [5.41, 5.74) is 2.33. The lowest BCUT2D eigenvalue weighted by atomic mass is 10.1. The average molecular weight is 240 g/mol. The molecule has 2 rings (SSSR count). The maximum Gasteiger partial charge on any atom is 0.0455 e. The van der Waals surface area contributed by atoms with Crippen molar-refractivity contribution >= 4 is 17.3 Å². The van der Waals surface area contributed by atoms with Crippen molar-refractivity contribution in [3.63, 3.8) is 0 Å². The van der Waals surface area contributed by atoms with Crippen LogP contribution in [0.4, 0.5) is 5.69 Å². The zero-order valence-corrected chi connectivity index (χ0v) is 10.4. The second kappa shape index (κ2) is 5.07. The zero-order chi connectivity index (χ0) is 11.5. The lowest BCUT2D eigenvalue weighted by Crippen LogP contribution is -2.19. The summed E-state index contributed by atoms with van der Waals surface area (Å²) in [4.78, 5) is 2.35. The molecule has 1 aliphatic rings. The predicted molar refractivity (Wildman–Crippen MR) is 68.2 cm³/mol. The van der Waals surface area contributed by atoms with Gasteiger partial charge in [-0.3, -0.25) is 0 Å². The Morgan fingerprint density at radius 2 is 2.31 bits per heavy atom. The number of aliphatic hydroxyl groups excluding tert-OH is 1. The van der Waals surface area contributed by atoms with E-state index in [1.54, 1.807) is 0 Å². The molecule has 0 aromatic heterocycles. The molecule has 1 N–H and O–H groups in total. The Kier molecular flexibility index (Phi) is 3.72. The molecule has 1 aliphatic heterocycles. The van der Waals surface area contributed by atoms with E-state index < -0.39 is 0 Å². The van der Waals surface area contributed by atoms with E-state index >= 15 is 0 Å². The normalized spacial score (nSPS) is 20.4. The van der Waals surface area contributed by atoms with Crippen LogP contribution in [0, 0.1) is 12.8 Å². The van der Waals surface area contributed by atoms with Crippen molar-refractivity contribution in [2.24, 2.45) is 5.92 Å². The van der Waals surface area contributed by atoms with E-state index in [-0.39, 0.29) is 0 Å². The van der Waals surface area contributed by atoms with Gasteiger partial charge in [-0.15, -0.1) is 0 Å². The van der Waals surface area contributed by atoms with Crippen LogP contribution in [0.3, 0.4) is 0 Å². The largest absolute Gasteiger partial charge is 0.396 e. The van der Waals surface area contributed by atoms with Crippen LogP contribution in [0.25, 0.3) is 0 Å². The Balaban J connectivity index is 2.05. The minimum Gasteiger partial charge on any atom is -0.396 e. The first kappa shape index (κ1) is 11.7. The lowest BCUT2D eigenvalue weighted by Gasteiger charge is -2.19. The summed E-state index contributed by atoms with van der Waals surface area (Å²) in [7, 11) is 0. The molecular formula is C13H18ClNO. The maximum absolute atomic E-state index is 8.92. The Labute approximate surface area is 102 Å². The summed E-state index contributed by atoms with van der Waals surface area (Å²) in [6, 6.07) is 6.23. The Morgan fingerprint density at radius 3 is 3.00 bits per heavy atom. The first-order valence-electron chi connectivity index (χ1n) is 5.82. The summed E-state index contributed by atoms with van der Waals surface area (Å²) >= 11 is 6.12. The third kappa shape index (κ3) is 2.50. The molecule has 0 bridgehead atoms. The molecule has 2 nitrogen and oxygen atoms in total. The Morgan fingerprint density at radius 1 is 1.50 bits per heavy atom. The van der Waals surface area contributed by atoms with E-state index in [0.717, 1.165) is 30.1 Å². The highest BCUT2D eigenvalue weighted by molar-refractivity contribution is 6.31. The predicted octanol–water partition coefficient (Wildman–Crippen LogP) is 2.86. The van der Waals surface area contributed by atoms with E-state index in [2.05, 4.69) is 17.0 Å². The number of nitrogens with zero attached hydrogens (tertiary/aromatic N) is 1. The third-order valence-electron chi connectivity index (χ3n) is 3.34. The van der Waals surface area contributed by atoms with Gasteiger partial charge in [-0.1, -0.05) is 17.7 Å². The molecule has 0 radical (unpaired) electrons. The second-order valence-electron chi connectivity index (χ2n) is 4.55. The van der Waals surface area contributed by atoms with E-state index in [9.17, 15) is 0 Å². The smallest absolute Gasteiger partial charge is 0.0455 e. The van der Waals surface area contributed by atoms with Crippen molar-refractivity contribution in [2.75, 3.05) is 24.6 Å². The van der Waals surface area contributed by atoms with Gasteiger partial charge in [0.15, 0.2) is 0 Å². The zero-order valence-electron chi connectivity index (χ0n) is 9.62. The lowest BCUT2D eigenvalue weighted by molar-refractivity contribution is 0.263. The van der Waals surface area contributed by atoms with Crippen LogP contribution in [0.5, 0.6) is 0 Å². The molecule has 0 spiro atoms. The number of aliphatic hydroxyl groups is 1. The number of halogens is 1. The van der Waals surface area contributed by atoms with Crippen LogP contribution in [0.15, 0.2) is 18.2 Å². The van der Waals surface area contributed by atoms with Gasteiger partial charge >= 0.3 is 0 Å². The fourth-order valence-corrected chi connectivity index (χ4v) is 2.44. The SMILES string of the molecule is Cc1ccc(N2CCC(CCO)C2)cc1Cl. The van der Waals surface area contributed by atoms with Gasteiger partial charge in [0.1, 0.15) is 0 Å². The fourth-order valence-electron chi connectivity index (χ4n) is 2.26. The Hall–Kier alpha value is -0.730. The fraction of sp³-hybridized carbons (Fsp3) is 0.538. The van der Waals surface area contributed by atoms with Crippen molar-refractivity contribution in [3.8, 4) is 0 Å². The van der Waals surface area contributed by atoms with Gasteiger partial charge in [0.25, 0.3) is 0 Å². The molecule has 1 saturated heterocycles. The van der Waals surface area contributed by atoms with Gasteiger partial charge in [-0.05, 0) is 43.4 Å². The standard InChI is InChI=1S/C13H18ClNO/c1-10-2-3-12(8-13(10)14)15-6-4-11(9-15)5-7-16/h2-3,8,11,16H,4-7,9H2,1H3. The van der Waals surface area contributed by atoms with Crippen LogP contribution in [-0.4, -0.2) is 24.8 Å². The molecule has 16 heavy (non-hydrogen) atoms. The van der Waals surface area contributed by atoms with Crippen molar-refractivity contribution < 1.29 is 5.11 Å². The molecule has 0 aliphatic carbocycles. The highest BCUT2D eigenvalue weighted by atomic mass is 35.5. The second-order valence-corrected chi connectivity index (χ2v) is 4.95. The molecule has 3 heteroatoms. The minimum atomic E-state index is 0.299. The molecule has 1 unspecified atom stereocenters. The number of hydrogen-bond acceptors (Lipinski definition) is 2. The highest BCUT2D eigenvalue weighted by Crippen LogP contribution is 2.28. The summed E-state index contributed by atoms with van der Waals surface area (Å²) in [5.74, 6) is 0.630. The topological polar surface area (TPSA) is 23.5 Å². The number of benzene rings is 1. The van der Waals surface area contributed by atoms with E-state index in [4.69, 9.17) is 16.7 Å². The van der Waals surface area contributed by atoms with Gasteiger partial charge in [0.05, 0.1) is 0 Å². The van der Waals surface area contributed by atoms with Gasteiger partial charge in [0.2, 0.25) is 0 Å². The Bertz CT molecular complexity index is 367. The first-order chi connectivity index (χ1) is 7.70. The van der Waals surface area contributed by atoms with Crippen LogP contribution in [-0.2, 0) is 0 Å². The number of anilines is 1. The molecular weight excluding hydrogens is 222 g/mol. The number of hydrogen-bond donors (Lipinski definition) is 1. The monoisotopic (exact) mass is 239 g/mol. The van der Waals surface area contributed by atoms with Gasteiger partial charge < -0.3 is 10.0 Å². The molecule has 1 aromatic rings. The van der Waals surface area contributed by atoms with Crippen molar-refractivity contribution in [1.82, 2.24) is 0 Å². The molecule has 1 heterocycles. The summed E-state index contributed by atoms with van der Waals surface area (Å²) in [6.07, 6.45) is 2.09. The molecule has 0 amide bonds. The molecule has 88 valence electrons. The van der Waals surface area contributed by atoms with Gasteiger partial charge in [-0.25, -0.2) is 0 Å². The molecule has 1 aromatic carbocycles. The van der Waals surface area contributed by atoms with Crippen molar-refractivity contribution in [2.45, 2.75) is 19.8 Å².